The molecule has 0 spiro atoms. The van der Waals surface area contributed by atoms with Gasteiger partial charge >= 0.3 is 0 Å². The quantitative estimate of drug-likeness (QED) is 0.843. The zero-order chi connectivity index (χ0) is 16.1. The van der Waals surface area contributed by atoms with Crippen LogP contribution < -0.4 is 5.32 Å². The van der Waals surface area contributed by atoms with E-state index in [-0.39, 0.29) is 6.10 Å². The molecule has 2 aromatic heterocycles. The third-order valence-electron chi connectivity index (χ3n) is 4.28. The van der Waals surface area contributed by atoms with Crippen molar-refractivity contribution in [2.24, 2.45) is 13.0 Å². The molecular weight excluding hydrogens is 294 g/mol. The molecule has 7 nitrogen and oxygen atoms in total. The van der Waals surface area contributed by atoms with Crippen LogP contribution in [-0.4, -0.2) is 46.2 Å². The first-order chi connectivity index (χ1) is 11.3. The first kappa shape index (κ1) is 16.0. The number of nitrogens with one attached hydrogen (secondary N) is 1. The molecule has 0 aliphatic carbocycles. The topological polar surface area (TPSA) is 66.1 Å². The molecule has 0 amide bonds. The van der Waals surface area contributed by atoms with Crippen LogP contribution in [-0.2, 0) is 23.1 Å². The summed E-state index contributed by atoms with van der Waals surface area (Å²) >= 11 is 0. The normalized spacial score (nSPS) is 21.5. The van der Waals surface area contributed by atoms with Crippen LogP contribution in [0.5, 0.6) is 0 Å². The number of hydrogen-bond acceptors (Lipinski definition) is 5. The van der Waals surface area contributed by atoms with Gasteiger partial charge in [-0.25, -0.2) is 4.98 Å². The Bertz CT molecular complexity index is 609. The maximum Gasteiger partial charge on any atom is 0.138 e. The standard InChI is InChI=1S/C16H25N5O2/c1-20-6-5-17-16(20)15-13(4-3-8-23-15)10-18-14-11-19-21(12-14)7-9-22-2/h5-6,11-13,15,18H,3-4,7-10H2,1-2H3/t13-,15+/m0/s1. The van der Waals surface area contributed by atoms with Gasteiger partial charge in [-0.2, -0.15) is 5.10 Å². The van der Waals surface area contributed by atoms with E-state index in [0.717, 1.165) is 44.0 Å². The Morgan fingerprint density at radius 2 is 2.39 bits per heavy atom. The lowest BCUT2D eigenvalue weighted by atomic mass is 9.93. The molecule has 2 atom stereocenters. The van der Waals surface area contributed by atoms with Gasteiger partial charge < -0.3 is 19.4 Å². The van der Waals surface area contributed by atoms with Gasteiger partial charge in [0.2, 0.25) is 0 Å². The molecule has 3 rings (SSSR count). The molecule has 3 heterocycles. The average molecular weight is 319 g/mol. The van der Waals surface area contributed by atoms with E-state index in [0.29, 0.717) is 12.5 Å². The van der Waals surface area contributed by atoms with E-state index in [1.54, 1.807) is 7.11 Å². The Kier molecular flexibility index (Phi) is 5.30. The fourth-order valence-electron chi connectivity index (χ4n) is 3.00. The fourth-order valence-corrected chi connectivity index (χ4v) is 3.00. The van der Waals surface area contributed by atoms with Gasteiger partial charge in [0.05, 0.1) is 25.0 Å². The summed E-state index contributed by atoms with van der Waals surface area (Å²) in [6.45, 7) is 3.09. The summed E-state index contributed by atoms with van der Waals surface area (Å²) in [5.74, 6) is 1.42. The van der Waals surface area contributed by atoms with Crippen molar-refractivity contribution in [1.82, 2.24) is 19.3 Å². The van der Waals surface area contributed by atoms with Gasteiger partial charge in [-0.15, -0.1) is 0 Å². The fraction of sp³-hybridized carbons (Fsp3) is 0.625. The Labute approximate surface area is 136 Å². The first-order valence-electron chi connectivity index (χ1n) is 8.12. The summed E-state index contributed by atoms with van der Waals surface area (Å²) in [5, 5.41) is 7.81. The van der Waals surface area contributed by atoms with E-state index in [2.05, 4.69) is 15.4 Å². The summed E-state index contributed by atoms with van der Waals surface area (Å²) in [5.41, 5.74) is 1.03. The van der Waals surface area contributed by atoms with E-state index in [9.17, 15) is 0 Å². The third kappa shape index (κ3) is 3.92. The van der Waals surface area contributed by atoms with E-state index >= 15 is 0 Å². The lowest BCUT2D eigenvalue weighted by molar-refractivity contribution is -0.0304. The van der Waals surface area contributed by atoms with Crippen LogP contribution >= 0.6 is 0 Å². The van der Waals surface area contributed by atoms with Gasteiger partial charge in [-0.1, -0.05) is 0 Å². The van der Waals surface area contributed by atoms with E-state index in [1.807, 2.05) is 41.1 Å². The summed E-state index contributed by atoms with van der Waals surface area (Å²) in [6, 6.07) is 0. The van der Waals surface area contributed by atoms with E-state index in [4.69, 9.17) is 9.47 Å². The molecule has 0 unspecified atom stereocenters. The Morgan fingerprint density at radius 3 is 3.17 bits per heavy atom. The highest BCUT2D eigenvalue weighted by Crippen LogP contribution is 2.32. The molecule has 2 aromatic rings. The zero-order valence-corrected chi connectivity index (χ0v) is 13.8. The van der Waals surface area contributed by atoms with E-state index < -0.39 is 0 Å². The van der Waals surface area contributed by atoms with Gasteiger partial charge in [0.25, 0.3) is 0 Å². The van der Waals surface area contributed by atoms with Crippen LogP contribution in [0.2, 0.25) is 0 Å². The van der Waals surface area contributed by atoms with Crippen LogP contribution in [0.15, 0.2) is 24.8 Å². The van der Waals surface area contributed by atoms with Gasteiger partial charge in [0.1, 0.15) is 11.9 Å². The number of aryl methyl sites for hydroxylation is 1. The molecule has 23 heavy (non-hydrogen) atoms. The predicted molar refractivity (Wildman–Crippen MR) is 87.2 cm³/mol. The minimum Gasteiger partial charge on any atom is -0.383 e. The highest BCUT2D eigenvalue weighted by atomic mass is 16.5. The molecule has 0 bridgehead atoms. The lowest BCUT2D eigenvalue weighted by Crippen LogP contribution is -2.30. The van der Waals surface area contributed by atoms with Crippen molar-refractivity contribution in [2.45, 2.75) is 25.5 Å². The maximum absolute atomic E-state index is 6.00. The third-order valence-corrected chi connectivity index (χ3v) is 4.28. The second-order valence-corrected chi connectivity index (χ2v) is 5.96. The number of nitrogens with zero attached hydrogens (tertiary/aromatic N) is 4. The lowest BCUT2D eigenvalue weighted by Gasteiger charge is -2.31. The predicted octanol–water partition coefficient (Wildman–Crippen LogP) is 1.84. The van der Waals surface area contributed by atoms with Crippen molar-refractivity contribution >= 4 is 5.69 Å². The molecule has 0 radical (unpaired) electrons. The van der Waals surface area contributed by atoms with Gasteiger partial charge in [0, 0.05) is 51.8 Å². The average Bonchev–Trinajstić information content (AvgIpc) is 3.20. The molecule has 1 aliphatic heterocycles. The summed E-state index contributed by atoms with van der Waals surface area (Å²) < 4.78 is 15.0. The molecule has 7 heteroatoms. The summed E-state index contributed by atoms with van der Waals surface area (Å²) in [7, 11) is 3.72. The number of imidazole rings is 1. The first-order valence-corrected chi connectivity index (χ1v) is 8.12. The van der Waals surface area contributed by atoms with Crippen molar-refractivity contribution in [3.8, 4) is 0 Å². The number of anilines is 1. The summed E-state index contributed by atoms with van der Waals surface area (Å²) in [6.07, 6.45) is 9.96. The smallest absolute Gasteiger partial charge is 0.138 e. The van der Waals surface area contributed by atoms with Crippen molar-refractivity contribution < 1.29 is 9.47 Å². The van der Waals surface area contributed by atoms with Crippen molar-refractivity contribution in [3.05, 3.63) is 30.6 Å². The number of aromatic nitrogens is 4. The minimum absolute atomic E-state index is 0.0554. The number of methoxy groups -OCH3 is 1. The number of rotatable bonds is 7. The second kappa shape index (κ2) is 7.61. The molecule has 0 saturated carbocycles. The number of hydrogen-bond donors (Lipinski definition) is 1. The largest absolute Gasteiger partial charge is 0.383 e. The maximum atomic E-state index is 6.00. The molecule has 1 saturated heterocycles. The monoisotopic (exact) mass is 319 g/mol. The second-order valence-electron chi connectivity index (χ2n) is 5.96. The van der Waals surface area contributed by atoms with Crippen LogP contribution in [0.4, 0.5) is 5.69 Å². The SMILES string of the molecule is COCCn1cc(NC[C@@H]2CCCO[C@H]2c2nccn2C)cn1. The molecule has 1 fully saturated rings. The summed E-state index contributed by atoms with van der Waals surface area (Å²) in [4.78, 5) is 4.46. The van der Waals surface area contributed by atoms with Crippen molar-refractivity contribution in [3.63, 3.8) is 0 Å². The minimum atomic E-state index is 0.0554. The van der Waals surface area contributed by atoms with Crippen LogP contribution in [0.1, 0.15) is 24.8 Å². The molecule has 0 aromatic carbocycles. The van der Waals surface area contributed by atoms with Crippen LogP contribution in [0, 0.1) is 5.92 Å². The van der Waals surface area contributed by atoms with Gasteiger partial charge in [-0.05, 0) is 12.8 Å². The molecule has 1 aliphatic rings. The Hall–Kier alpha value is -1.86. The molecule has 126 valence electrons. The number of ether oxygens (including phenoxy) is 2. The Morgan fingerprint density at radius 1 is 1.48 bits per heavy atom. The molecular formula is C16H25N5O2. The van der Waals surface area contributed by atoms with Crippen molar-refractivity contribution in [2.75, 3.05) is 32.2 Å². The van der Waals surface area contributed by atoms with Crippen molar-refractivity contribution in [1.29, 1.82) is 0 Å². The highest BCUT2D eigenvalue weighted by molar-refractivity contribution is 5.38. The zero-order valence-electron chi connectivity index (χ0n) is 13.8. The Balaban J connectivity index is 1.59. The van der Waals surface area contributed by atoms with E-state index in [1.165, 1.54) is 0 Å². The van der Waals surface area contributed by atoms with Crippen LogP contribution in [0.25, 0.3) is 0 Å². The van der Waals surface area contributed by atoms with Gasteiger partial charge in [-0.3, -0.25) is 4.68 Å². The van der Waals surface area contributed by atoms with Gasteiger partial charge in [0.15, 0.2) is 0 Å². The highest BCUT2D eigenvalue weighted by Gasteiger charge is 2.30. The molecule has 1 N–H and O–H groups in total. The van der Waals surface area contributed by atoms with Crippen LogP contribution in [0.3, 0.4) is 0 Å².